The first-order valence-electron chi connectivity index (χ1n) is 5.15. The zero-order chi connectivity index (χ0) is 12.6. The Morgan fingerprint density at radius 1 is 1.12 bits per heavy atom. The summed E-state index contributed by atoms with van der Waals surface area (Å²) >= 11 is 15.6. The number of halogens is 3. The topological polar surface area (TPSA) is 13.1 Å². The molecule has 0 saturated heterocycles. The van der Waals surface area contributed by atoms with Crippen LogP contribution < -0.4 is 0 Å². The van der Waals surface area contributed by atoms with E-state index in [1.54, 1.807) is 6.07 Å². The van der Waals surface area contributed by atoms with E-state index >= 15 is 0 Å². The number of hydrogen-bond acceptors (Lipinski definition) is 1. The standard InChI is InChI=1S/C13H11BrCl2O/c1-7-5-10(8(2)17-7)13(14)9-3-4-11(15)12(16)6-9/h3-6,13H,1-2H3. The maximum absolute atomic E-state index is 6.01. The molecule has 0 radical (unpaired) electrons. The highest BCUT2D eigenvalue weighted by atomic mass is 79.9. The van der Waals surface area contributed by atoms with Gasteiger partial charge >= 0.3 is 0 Å². The predicted octanol–water partition coefficient (Wildman–Crippen LogP) is 5.69. The van der Waals surface area contributed by atoms with Crippen molar-refractivity contribution in [1.82, 2.24) is 0 Å². The molecule has 0 aliphatic carbocycles. The molecule has 1 aromatic carbocycles. The Morgan fingerprint density at radius 3 is 2.35 bits per heavy atom. The molecule has 1 atom stereocenters. The van der Waals surface area contributed by atoms with Crippen LogP contribution >= 0.6 is 39.1 Å². The van der Waals surface area contributed by atoms with Crippen LogP contribution in [0.5, 0.6) is 0 Å². The third-order valence-corrected chi connectivity index (χ3v) is 4.35. The fourth-order valence-electron chi connectivity index (χ4n) is 1.75. The SMILES string of the molecule is Cc1cc(C(Br)c2ccc(Cl)c(Cl)c2)c(C)o1. The molecule has 4 heteroatoms. The quantitative estimate of drug-likeness (QED) is 0.643. The molecule has 17 heavy (non-hydrogen) atoms. The smallest absolute Gasteiger partial charge is 0.105 e. The summed E-state index contributed by atoms with van der Waals surface area (Å²) in [4.78, 5) is 0.0646. The van der Waals surface area contributed by atoms with Gasteiger partial charge in [-0.2, -0.15) is 0 Å². The van der Waals surface area contributed by atoms with Crippen LogP contribution in [0.4, 0.5) is 0 Å². The fraction of sp³-hybridized carbons (Fsp3) is 0.231. The minimum Gasteiger partial charge on any atom is -0.466 e. The minimum atomic E-state index is 0.0646. The first-order valence-corrected chi connectivity index (χ1v) is 6.82. The van der Waals surface area contributed by atoms with Gasteiger partial charge in [-0.15, -0.1) is 0 Å². The van der Waals surface area contributed by atoms with E-state index in [1.807, 2.05) is 32.0 Å². The number of aryl methyl sites for hydroxylation is 2. The Labute approximate surface area is 119 Å². The molecule has 0 amide bonds. The highest BCUT2D eigenvalue weighted by molar-refractivity contribution is 9.09. The van der Waals surface area contributed by atoms with Crippen molar-refractivity contribution in [2.45, 2.75) is 18.7 Å². The van der Waals surface area contributed by atoms with Crippen molar-refractivity contribution in [2.75, 3.05) is 0 Å². The predicted molar refractivity (Wildman–Crippen MR) is 75.4 cm³/mol. The van der Waals surface area contributed by atoms with Crippen LogP contribution in [0.1, 0.15) is 27.5 Å². The number of furan rings is 1. The maximum atomic E-state index is 6.01. The lowest BCUT2D eigenvalue weighted by atomic mass is 10.1. The van der Waals surface area contributed by atoms with Gasteiger partial charge in [-0.1, -0.05) is 45.2 Å². The number of benzene rings is 1. The van der Waals surface area contributed by atoms with Crippen molar-refractivity contribution in [3.63, 3.8) is 0 Å². The maximum Gasteiger partial charge on any atom is 0.105 e. The summed E-state index contributed by atoms with van der Waals surface area (Å²) in [5.74, 6) is 1.82. The molecule has 1 unspecified atom stereocenters. The van der Waals surface area contributed by atoms with E-state index in [9.17, 15) is 0 Å². The van der Waals surface area contributed by atoms with Crippen molar-refractivity contribution in [2.24, 2.45) is 0 Å². The lowest BCUT2D eigenvalue weighted by Gasteiger charge is -2.10. The molecule has 0 bridgehead atoms. The van der Waals surface area contributed by atoms with Crippen molar-refractivity contribution < 1.29 is 4.42 Å². The van der Waals surface area contributed by atoms with Gasteiger partial charge in [0.15, 0.2) is 0 Å². The third kappa shape index (κ3) is 2.70. The number of rotatable bonds is 2. The zero-order valence-electron chi connectivity index (χ0n) is 9.43. The minimum absolute atomic E-state index is 0.0646. The van der Waals surface area contributed by atoms with E-state index in [-0.39, 0.29) is 4.83 Å². The van der Waals surface area contributed by atoms with Gasteiger partial charge in [-0.05, 0) is 37.6 Å². The molecule has 1 nitrogen and oxygen atoms in total. The molecule has 2 rings (SSSR count). The van der Waals surface area contributed by atoms with Gasteiger partial charge in [0.2, 0.25) is 0 Å². The second-order valence-corrected chi connectivity index (χ2v) is 5.63. The molecule has 0 N–H and O–H groups in total. The van der Waals surface area contributed by atoms with E-state index in [2.05, 4.69) is 15.9 Å². The number of hydrogen-bond donors (Lipinski definition) is 0. The number of alkyl halides is 1. The van der Waals surface area contributed by atoms with Crippen LogP contribution in [0.3, 0.4) is 0 Å². The molecule has 90 valence electrons. The van der Waals surface area contributed by atoms with Crippen LogP contribution in [0, 0.1) is 13.8 Å². The molecule has 1 heterocycles. The summed E-state index contributed by atoms with van der Waals surface area (Å²) in [7, 11) is 0. The lowest BCUT2D eigenvalue weighted by Crippen LogP contribution is -1.92. The average Bonchev–Trinajstić information content (AvgIpc) is 2.61. The molecule has 0 spiro atoms. The second-order valence-electron chi connectivity index (χ2n) is 3.90. The van der Waals surface area contributed by atoms with E-state index in [4.69, 9.17) is 27.6 Å². The molecule has 0 aliphatic heterocycles. The van der Waals surface area contributed by atoms with Crippen LogP contribution in [0.2, 0.25) is 10.0 Å². The summed E-state index contributed by atoms with van der Waals surface area (Å²) in [5, 5.41) is 1.13. The molecule has 0 saturated carbocycles. The van der Waals surface area contributed by atoms with Crippen molar-refractivity contribution in [1.29, 1.82) is 0 Å². The van der Waals surface area contributed by atoms with Crippen LogP contribution in [0.25, 0.3) is 0 Å². The highest BCUT2D eigenvalue weighted by Crippen LogP contribution is 2.36. The monoisotopic (exact) mass is 332 g/mol. The van der Waals surface area contributed by atoms with E-state index < -0.39 is 0 Å². The molecular weight excluding hydrogens is 323 g/mol. The Balaban J connectivity index is 2.40. The summed E-state index contributed by atoms with van der Waals surface area (Å²) < 4.78 is 5.52. The van der Waals surface area contributed by atoms with Crippen molar-refractivity contribution in [3.05, 3.63) is 57.0 Å². The van der Waals surface area contributed by atoms with Gasteiger partial charge in [-0.3, -0.25) is 0 Å². The Kier molecular flexibility index (Phi) is 3.86. The van der Waals surface area contributed by atoms with Crippen molar-refractivity contribution in [3.8, 4) is 0 Å². The molecule has 0 aliphatic rings. The van der Waals surface area contributed by atoms with E-state index in [0.717, 1.165) is 22.6 Å². The van der Waals surface area contributed by atoms with Gasteiger partial charge in [0.1, 0.15) is 11.5 Å². The zero-order valence-corrected chi connectivity index (χ0v) is 12.5. The highest BCUT2D eigenvalue weighted by Gasteiger charge is 2.17. The largest absolute Gasteiger partial charge is 0.466 e. The first kappa shape index (κ1) is 13.0. The van der Waals surface area contributed by atoms with Gasteiger partial charge in [-0.25, -0.2) is 0 Å². The van der Waals surface area contributed by atoms with Crippen molar-refractivity contribution >= 4 is 39.1 Å². The van der Waals surface area contributed by atoms with E-state index in [0.29, 0.717) is 10.0 Å². The second kappa shape index (κ2) is 5.05. The summed E-state index contributed by atoms with van der Waals surface area (Å²) in [6, 6.07) is 7.65. The first-order chi connectivity index (χ1) is 7.99. The van der Waals surface area contributed by atoms with Crippen LogP contribution in [-0.2, 0) is 0 Å². The molecule has 2 aromatic rings. The molecule has 0 fully saturated rings. The normalized spacial score (nSPS) is 12.8. The summed E-state index contributed by atoms with van der Waals surface area (Å²) in [5.41, 5.74) is 2.17. The van der Waals surface area contributed by atoms with Gasteiger partial charge < -0.3 is 4.42 Å². The lowest BCUT2D eigenvalue weighted by molar-refractivity contribution is 0.502. The average molecular weight is 334 g/mol. The van der Waals surface area contributed by atoms with Gasteiger partial charge in [0.25, 0.3) is 0 Å². The Morgan fingerprint density at radius 2 is 1.82 bits per heavy atom. The molecule has 1 aromatic heterocycles. The molecular formula is C13H11BrCl2O. The van der Waals surface area contributed by atoms with Crippen LogP contribution in [-0.4, -0.2) is 0 Å². The fourth-order valence-corrected chi connectivity index (χ4v) is 2.80. The third-order valence-electron chi connectivity index (χ3n) is 2.59. The van der Waals surface area contributed by atoms with Crippen LogP contribution in [0.15, 0.2) is 28.7 Å². The van der Waals surface area contributed by atoms with Gasteiger partial charge in [0.05, 0.1) is 14.9 Å². The summed E-state index contributed by atoms with van der Waals surface area (Å²) in [6.45, 7) is 3.89. The Bertz CT molecular complexity index is 548. The Hall–Kier alpha value is -0.440. The summed E-state index contributed by atoms with van der Waals surface area (Å²) in [6.07, 6.45) is 0. The van der Waals surface area contributed by atoms with Gasteiger partial charge in [0, 0.05) is 5.56 Å². The van der Waals surface area contributed by atoms with E-state index in [1.165, 1.54) is 0 Å².